The van der Waals surface area contributed by atoms with Crippen molar-refractivity contribution in [2.75, 3.05) is 7.11 Å². The van der Waals surface area contributed by atoms with Crippen LogP contribution in [-0.4, -0.2) is 7.11 Å². The first-order valence-corrected chi connectivity index (χ1v) is 5.78. The van der Waals surface area contributed by atoms with Crippen molar-refractivity contribution in [2.24, 2.45) is 11.8 Å². The van der Waals surface area contributed by atoms with Crippen LogP contribution < -0.4 is 16.0 Å². The summed E-state index contributed by atoms with van der Waals surface area (Å²) in [6.07, 6.45) is 2.55. The van der Waals surface area contributed by atoms with Gasteiger partial charge in [-0.2, -0.15) is 0 Å². The maximum absolute atomic E-state index is 5.65. The molecule has 1 unspecified atom stereocenters. The Kier molecular flexibility index (Phi) is 3.17. The number of hydrogen-bond acceptors (Lipinski definition) is 3. The van der Waals surface area contributed by atoms with Crippen LogP contribution in [0.2, 0.25) is 0 Å². The number of hydrazine groups is 1. The molecular weight excluding hydrogens is 200 g/mol. The molecule has 0 bridgehead atoms. The van der Waals surface area contributed by atoms with E-state index in [1.165, 1.54) is 29.5 Å². The van der Waals surface area contributed by atoms with E-state index in [9.17, 15) is 0 Å². The molecule has 2 rings (SSSR count). The van der Waals surface area contributed by atoms with Gasteiger partial charge >= 0.3 is 0 Å². The van der Waals surface area contributed by atoms with E-state index in [0.29, 0.717) is 12.0 Å². The lowest BCUT2D eigenvalue weighted by Crippen LogP contribution is -2.30. The highest BCUT2D eigenvalue weighted by atomic mass is 16.5. The molecule has 0 aromatic heterocycles. The molecule has 0 radical (unpaired) electrons. The van der Waals surface area contributed by atoms with Gasteiger partial charge in [-0.15, -0.1) is 0 Å². The van der Waals surface area contributed by atoms with Gasteiger partial charge in [-0.1, -0.05) is 6.07 Å². The molecule has 3 heteroatoms. The Hall–Kier alpha value is -1.06. The number of nitrogens with one attached hydrogen (secondary N) is 1. The molecular formula is C13H20N2O. The van der Waals surface area contributed by atoms with E-state index in [2.05, 4.69) is 31.4 Å². The summed E-state index contributed by atoms with van der Waals surface area (Å²) in [5.41, 5.74) is 6.67. The Morgan fingerprint density at radius 2 is 2.00 bits per heavy atom. The lowest BCUT2D eigenvalue weighted by atomic mass is 9.95. The zero-order chi connectivity index (χ0) is 11.7. The maximum Gasteiger partial charge on any atom is 0.122 e. The Morgan fingerprint density at radius 3 is 2.50 bits per heavy atom. The Balaban J connectivity index is 2.36. The molecule has 1 aromatic carbocycles. The minimum Gasteiger partial charge on any atom is -0.496 e. The highest BCUT2D eigenvalue weighted by Crippen LogP contribution is 2.42. The molecule has 1 aliphatic rings. The van der Waals surface area contributed by atoms with Crippen LogP contribution in [-0.2, 0) is 0 Å². The van der Waals surface area contributed by atoms with Crippen molar-refractivity contribution >= 4 is 0 Å². The Labute approximate surface area is 97.0 Å². The predicted octanol–water partition coefficient (Wildman–Crippen LogP) is 2.23. The number of benzene rings is 1. The van der Waals surface area contributed by atoms with Gasteiger partial charge in [0, 0.05) is 6.04 Å². The number of hydrogen-bond donors (Lipinski definition) is 2. The van der Waals surface area contributed by atoms with Crippen LogP contribution in [0.15, 0.2) is 12.1 Å². The number of ether oxygens (including phenoxy) is 1. The van der Waals surface area contributed by atoms with E-state index in [-0.39, 0.29) is 0 Å². The third kappa shape index (κ3) is 2.06. The largest absolute Gasteiger partial charge is 0.496 e. The molecule has 0 heterocycles. The number of aryl methyl sites for hydroxylation is 2. The van der Waals surface area contributed by atoms with Crippen molar-refractivity contribution in [1.82, 2.24) is 5.43 Å². The van der Waals surface area contributed by atoms with E-state index in [0.717, 1.165) is 5.75 Å². The quantitative estimate of drug-likeness (QED) is 0.604. The molecule has 0 aliphatic heterocycles. The topological polar surface area (TPSA) is 47.3 Å². The van der Waals surface area contributed by atoms with Crippen LogP contribution >= 0.6 is 0 Å². The first kappa shape index (κ1) is 11.4. The third-order valence-corrected chi connectivity index (χ3v) is 3.39. The highest BCUT2D eigenvalue weighted by molar-refractivity contribution is 5.43. The van der Waals surface area contributed by atoms with Crippen molar-refractivity contribution in [3.63, 3.8) is 0 Å². The van der Waals surface area contributed by atoms with Crippen LogP contribution in [0.25, 0.3) is 0 Å². The van der Waals surface area contributed by atoms with Crippen LogP contribution in [0.3, 0.4) is 0 Å². The molecule has 88 valence electrons. The summed E-state index contributed by atoms with van der Waals surface area (Å²) in [7, 11) is 1.71. The molecule has 1 aromatic rings. The van der Waals surface area contributed by atoms with E-state index in [1.54, 1.807) is 7.11 Å². The first-order chi connectivity index (χ1) is 7.67. The fourth-order valence-electron chi connectivity index (χ4n) is 2.28. The van der Waals surface area contributed by atoms with Crippen LogP contribution in [0.5, 0.6) is 5.75 Å². The average molecular weight is 220 g/mol. The van der Waals surface area contributed by atoms with Crippen molar-refractivity contribution in [2.45, 2.75) is 32.7 Å². The lowest BCUT2D eigenvalue weighted by Gasteiger charge is -2.19. The molecule has 1 aliphatic carbocycles. The van der Waals surface area contributed by atoms with Gasteiger partial charge in [-0.05, 0) is 55.4 Å². The fourth-order valence-corrected chi connectivity index (χ4v) is 2.28. The van der Waals surface area contributed by atoms with E-state index in [1.807, 2.05) is 0 Å². The molecule has 1 fully saturated rings. The van der Waals surface area contributed by atoms with Gasteiger partial charge in [0.1, 0.15) is 5.75 Å². The SMILES string of the molecule is COc1cc(C)c(C(NN)C2CC2)cc1C. The smallest absolute Gasteiger partial charge is 0.122 e. The molecule has 3 nitrogen and oxygen atoms in total. The summed E-state index contributed by atoms with van der Waals surface area (Å²) in [6.45, 7) is 4.19. The zero-order valence-electron chi connectivity index (χ0n) is 10.2. The minimum atomic E-state index is 0.296. The fraction of sp³-hybridized carbons (Fsp3) is 0.538. The summed E-state index contributed by atoms with van der Waals surface area (Å²) in [5, 5.41) is 0. The van der Waals surface area contributed by atoms with Gasteiger partial charge in [-0.25, -0.2) is 0 Å². The lowest BCUT2D eigenvalue weighted by molar-refractivity contribution is 0.410. The van der Waals surface area contributed by atoms with Crippen molar-refractivity contribution in [1.29, 1.82) is 0 Å². The molecule has 0 amide bonds. The van der Waals surface area contributed by atoms with Crippen molar-refractivity contribution in [3.8, 4) is 5.75 Å². The number of methoxy groups -OCH3 is 1. The minimum absolute atomic E-state index is 0.296. The summed E-state index contributed by atoms with van der Waals surface area (Å²) in [5.74, 6) is 7.31. The number of nitrogens with two attached hydrogens (primary N) is 1. The van der Waals surface area contributed by atoms with Gasteiger partial charge in [0.2, 0.25) is 0 Å². The van der Waals surface area contributed by atoms with Gasteiger partial charge < -0.3 is 4.74 Å². The average Bonchev–Trinajstić information content (AvgIpc) is 3.08. The van der Waals surface area contributed by atoms with E-state index >= 15 is 0 Å². The summed E-state index contributed by atoms with van der Waals surface area (Å²) < 4.78 is 5.32. The third-order valence-electron chi connectivity index (χ3n) is 3.39. The molecule has 0 saturated heterocycles. The molecule has 16 heavy (non-hydrogen) atoms. The standard InChI is InChI=1S/C13H20N2O/c1-8-7-12(16-3)9(2)6-11(8)13(15-14)10-4-5-10/h6-7,10,13,15H,4-5,14H2,1-3H3. The van der Waals surface area contributed by atoms with E-state index < -0.39 is 0 Å². The zero-order valence-corrected chi connectivity index (χ0v) is 10.2. The van der Waals surface area contributed by atoms with E-state index in [4.69, 9.17) is 10.6 Å². The van der Waals surface area contributed by atoms with Crippen molar-refractivity contribution in [3.05, 3.63) is 28.8 Å². The van der Waals surface area contributed by atoms with Gasteiger partial charge in [-0.3, -0.25) is 11.3 Å². The monoisotopic (exact) mass is 220 g/mol. The van der Waals surface area contributed by atoms with Crippen molar-refractivity contribution < 1.29 is 4.74 Å². The molecule has 3 N–H and O–H groups in total. The van der Waals surface area contributed by atoms with Gasteiger partial charge in [0.25, 0.3) is 0 Å². The predicted molar refractivity (Wildman–Crippen MR) is 65.3 cm³/mol. The molecule has 0 spiro atoms. The van der Waals surface area contributed by atoms with Gasteiger partial charge in [0.05, 0.1) is 7.11 Å². The van der Waals surface area contributed by atoms with Crippen LogP contribution in [0.1, 0.15) is 35.6 Å². The Morgan fingerprint density at radius 1 is 1.31 bits per heavy atom. The second-order valence-corrected chi connectivity index (χ2v) is 4.66. The normalized spacial score (nSPS) is 17.2. The van der Waals surface area contributed by atoms with Crippen LogP contribution in [0.4, 0.5) is 0 Å². The molecule has 1 saturated carbocycles. The molecule has 1 atom stereocenters. The second kappa shape index (κ2) is 4.44. The highest BCUT2D eigenvalue weighted by Gasteiger charge is 2.32. The first-order valence-electron chi connectivity index (χ1n) is 5.78. The van der Waals surface area contributed by atoms with Crippen LogP contribution in [0, 0.1) is 19.8 Å². The van der Waals surface area contributed by atoms with Gasteiger partial charge in [0.15, 0.2) is 0 Å². The number of rotatable bonds is 4. The maximum atomic E-state index is 5.65. The second-order valence-electron chi connectivity index (χ2n) is 4.66. The summed E-state index contributed by atoms with van der Waals surface area (Å²) in [6, 6.07) is 4.58. The summed E-state index contributed by atoms with van der Waals surface area (Å²) in [4.78, 5) is 0. The summed E-state index contributed by atoms with van der Waals surface area (Å²) >= 11 is 0. The Bertz CT molecular complexity index is 386.